The summed E-state index contributed by atoms with van der Waals surface area (Å²) in [5.41, 5.74) is 5.27. The fourth-order valence-corrected chi connectivity index (χ4v) is 1.62. The van der Waals surface area contributed by atoms with Gasteiger partial charge in [0, 0.05) is 25.6 Å². The molecule has 0 radical (unpaired) electrons. The van der Waals surface area contributed by atoms with Crippen LogP contribution in [0.15, 0.2) is 0 Å². The quantitative estimate of drug-likeness (QED) is 0.580. The molecule has 4 nitrogen and oxygen atoms in total. The number of hydrogen-bond acceptors (Lipinski definition) is 3. The minimum atomic E-state index is -0.346. The number of likely N-dealkylation sites (tertiary alicyclic amines) is 1. The van der Waals surface area contributed by atoms with E-state index in [0.29, 0.717) is 25.9 Å². The van der Waals surface area contributed by atoms with Crippen LogP contribution in [0.4, 0.5) is 0 Å². The fourth-order valence-electron chi connectivity index (χ4n) is 1.62. The van der Waals surface area contributed by atoms with Crippen LogP contribution in [-0.4, -0.2) is 41.1 Å². The van der Waals surface area contributed by atoms with Gasteiger partial charge in [-0.05, 0) is 13.3 Å². The van der Waals surface area contributed by atoms with Gasteiger partial charge in [-0.25, -0.2) is 0 Å². The summed E-state index contributed by atoms with van der Waals surface area (Å²) < 4.78 is 0. The molecule has 2 atom stereocenters. The third-order valence-electron chi connectivity index (χ3n) is 2.23. The van der Waals surface area contributed by atoms with Gasteiger partial charge in [0.05, 0.1) is 6.10 Å². The standard InChI is InChI=1S/C8H16N2O2/c1-6-4-7(11)5-10(6)8(12)2-3-9/h6-7,11H,2-5,9H2,1H3/t6-,7-/m1/s1. The van der Waals surface area contributed by atoms with Crippen molar-refractivity contribution in [3.8, 4) is 0 Å². The first-order valence-electron chi connectivity index (χ1n) is 4.32. The summed E-state index contributed by atoms with van der Waals surface area (Å²) >= 11 is 0. The Labute approximate surface area is 72.3 Å². The molecule has 1 fully saturated rings. The normalized spacial score (nSPS) is 29.4. The summed E-state index contributed by atoms with van der Waals surface area (Å²) in [6.45, 7) is 2.81. The van der Waals surface area contributed by atoms with Gasteiger partial charge in [0.2, 0.25) is 5.91 Å². The van der Waals surface area contributed by atoms with E-state index in [9.17, 15) is 9.90 Å². The van der Waals surface area contributed by atoms with Crippen LogP contribution in [0, 0.1) is 0 Å². The van der Waals surface area contributed by atoms with Crippen molar-refractivity contribution >= 4 is 5.91 Å². The SMILES string of the molecule is C[C@@H]1C[C@@H](O)CN1C(=O)CCN. The van der Waals surface area contributed by atoms with Crippen LogP contribution in [-0.2, 0) is 4.79 Å². The largest absolute Gasteiger partial charge is 0.391 e. The second-order valence-corrected chi connectivity index (χ2v) is 3.32. The van der Waals surface area contributed by atoms with Crippen LogP contribution in [0.25, 0.3) is 0 Å². The lowest BCUT2D eigenvalue weighted by Crippen LogP contribution is -2.35. The molecule has 0 aromatic carbocycles. The summed E-state index contributed by atoms with van der Waals surface area (Å²) in [5.74, 6) is 0.0570. The van der Waals surface area contributed by atoms with E-state index in [1.165, 1.54) is 0 Å². The third kappa shape index (κ3) is 1.95. The molecule has 0 saturated carbocycles. The van der Waals surface area contributed by atoms with Gasteiger partial charge in [0.25, 0.3) is 0 Å². The highest BCUT2D eigenvalue weighted by Crippen LogP contribution is 2.17. The molecule has 0 aliphatic carbocycles. The highest BCUT2D eigenvalue weighted by atomic mass is 16.3. The molecule has 70 valence electrons. The van der Waals surface area contributed by atoms with Crippen LogP contribution in [0.5, 0.6) is 0 Å². The predicted molar refractivity (Wildman–Crippen MR) is 45.5 cm³/mol. The van der Waals surface area contributed by atoms with Gasteiger partial charge < -0.3 is 15.7 Å². The van der Waals surface area contributed by atoms with Crippen LogP contribution < -0.4 is 5.73 Å². The Morgan fingerprint density at radius 3 is 2.83 bits per heavy atom. The van der Waals surface area contributed by atoms with Gasteiger partial charge in [0.1, 0.15) is 0 Å². The van der Waals surface area contributed by atoms with Crippen LogP contribution in [0.3, 0.4) is 0 Å². The van der Waals surface area contributed by atoms with Gasteiger partial charge in [-0.3, -0.25) is 4.79 Å². The molecule has 1 amide bonds. The molecule has 1 aliphatic heterocycles. The fraction of sp³-hybridized carbons (Fsp3) is 0.875. The Bertz CT molecular complexity index is 172. The molecule has 1 rings (SSSR count). The van der Waals surface area contributed by atoms with Gasteiger partial charge in [-0.2, -0.15) is 0 Å². The molecule has 0 bridgehead atoms. The molecule has 1 saturated heterocycles. The highest BCUT2D eigenvalue weighted by Gasteiger charge is 2.30. The number of nitrogens with two attached hydrogens (primary N) is 1. The van der Waals surface area contributed by atoms with Gasteiger partial charge in [0.15, 0.2) is 0 Å². The summed E-state index contributed by atoms with van der Waals surface area (Å²) in [7, 11) is 0. The first-order valence-corrected chi connectivity index (χ1v) is 4.32. The molecule has 0 spiro atoms. The minimum Gasteiger partial charge on any atom is -0.391 e. The van der Waals surface area contributed by atoms with E-state index in [0.717, 1.165) is 0 Å². The van der Waals surface area contributed by atoms with Crippen molar-refractivity contribution < 1.29 is 9.90 Å². The molecule has 0 unspecified atom stereocenters. The predicted octanol–water partition coefficient (Wildman–Crippen LogP) is -0.683. The molecular formula is C8H16N2O2. The summed E-state index contributed by atoms with van der Waals surface area (Å²) in [6, 6.07) is 0.166. The number of carbonyl (C=O) groups excluding carboxylic acids is 1. The average molecular weight is 172 g/mol. The number of amides is 1. The lowest BCUT2D eigenvalue weighted by Gasteiger charge is -2.20. The first kappa shape index (κ1) is 9.48. The van der Waals surface area contributed by atoms with Crippen molar-refractivity contribution in [2.45, 2.75) is 31.9 Å². The van der Waals surface area contributed by atoms with E-state index >= 15 is 0 Å². The van der Waals surface area contributed by atoms with Crippen molar-refractivity contribution in [1.82, 2.24) is 4.90 Å². The average Bonchev–Trinajstić information content (AvgIpc) is 2.30. The Hall–Kier alpha value is -0.610. The van der Waals surface area contributed by atoms with E-state index < -0.39 is 0 Å². The first-order chi connectivity index (χ1) is 5.65. The molecule has 0 aromatic heterocycles. The van der Waals surface area contributed by atoms with Crippen molar-refractivity contribution in [2.24, 2.45) is 5.73 Å². The zero-order valence-corrected chi connectivity index (χ0v) is 7.36. The van der Waals surface area contributed by atoms with E-state index in [-0.39, 0.29) is 18.1 Å². The van der Waals surface area contributed by atoms with Crippen molar-refractivity contribution in [2.75, 3.05) is 13.1 Å². The summed E-state index contributed by atoms with van der Waals surface area (Å²) in [5, 5.41) is 9.26. The van der Waals surface area contributed by atoms with Crippen LogP contribution in [0.1, 0.15) is 19.8 Å². The monoisotopic (exact) mass is 172 g/mol. The number of rotatable bonds is 2. The van der Waals surface area contributed by atoms with Crippen molar-refractivity contribution in [3.05, 3.63) is 0 Å². The zero-order chi connectivity index (χ0) is 9.14. The number of nitrogens with zero attached hydrogens (tertiary/aromatic N) is 1. The molecule has 1 heterocycles. The summed E-state index contributed by atoms with van der Waals surface area (Å²) in [6.07, 6.45) is 0.731. The van der Waals surface area contributed by atoms with Gasteiger partial charge in [-0.15, -0.1) is 0 Å². The highest BCUT2D eigenvalue weighted by molar-refractivity contribution is 5.77. The number of carbonyl (C=O) groups is 1. The molecular weight excluding hydrogens is 156 g/mol. The van der Waals surface area contributed by atoms with E-state index in [1.807, 2.05) is 6.92 Å². The minimum absolute atomic E-state index is 0.0570. The maximum absolute atomic E-state index is 11.3. The Morgan fingerprint density at radius 2 is 2.42 bits per heavy atom. The molecule has 12 heavy (non-hydrogen) atoms. The maximum Gasteiger partial charge on any atom is 0.224 e. The van der Waals surface area contributed by atoms with E-state index in [4.69, 9.17) is 5.73 Å². The van der Waals surface area contributed by atoms with Gasteiger partial charge in [-0.1, -0.05) is 0 Å². The number of aliphatic hydroxyl groups excluding tert-OH is 1. The Morgan fingerprint density at radius 1 is 1.75 bits per heavy atom. The van der Waals surface area contributed by atoms with Crippen molar-refractivity contribution in [1.29, 1.82) is 0 Å². The number of aliphatic hydroxyl groups is 1. The molecule has 0 aromatic rings. The van der Waals surface area contributed by atoms with Crippen LogP contribution >= 0.6 is 0 Å². The zero-order valence-electron chi connectivity index (χ0n) is 7.36. The number of hydrogen-bond donors (Lipinski definition) is 2. The third-order valence-corrected chi connectivity index (χ3v) is 2.23. The maximum atomic E-state index is 11.3. The van der Waals surface area contributed by atoms with Crippen molar-refractivity contribution in [3.63, 3.8) is 0 Å². The van der Waals surface area contributed by atoms with Crippen LogP contribution in [0.2, 0.25) is 0 Å². The Kier molecular flexibility index (Phi) is 3.05. The number of β-amino-alcohol motifs (C(OH)–C–C–N with tert-alkyl or cyclic N) is 1. The molecule has 3 N–H and O–H groups in total. The molecule has 1 aliphatic rings. The second kappa shape index (κ2) is 3.87. The van der Waals surface area contributed by atoms with E-state index in [1.54, 1.807) is 4.90 Å². The topological polar surface area (TPSA) is 66.6 Å². The van der Waals surface area contributed by atoms with Gasteiger partial charge >= 0.3 is 0 Å². The van der Waals surface area contributed by atoms with E-state index in [2.05, 4.69) is 0 Å². The lowest BCUT2D eigenvalue weighted by atomic mass is 10.2. The Balaban J connectivity index is 2.46. The second-order valence-electron chi connectivity index (χ2n) is 3.32. The molecule has 4 heteroatoms. The smallest absolute Gasteiger partial charge is 0.224 e. The lowest BCUT2D eigenvalue weighted by molar-refractivity contribution is -0.131. The summed E-state index contributed by atoms with van der Waals surface area (Å²) in [4.78, 5) is 13.0.